The van der Waals surface area contributed by atoms with E-state index in [4.69, 9.17) is 10.5 Å². The Morgan fingerprint density at radius 3 is 2.25 bits per heavy atom. The van der Waals surface area contributed by atoms with Crippen molar-refractivity contribution in [3.63, 3.8) is 0 Å². The number of hydrogen-bond acceptors (Lipinski definition) is 6. The number of anilines is 1. The van der Waals surface area contributed by atoms with Gasteiger partial charge in [0, 0.05) is 11.7 Å². The van der Waals surface area contributed by atoms with Crippen molar-refractivity contribution < 1.29 is 9.90 Å². The molecule has 1 heterocycles. The largest absolute Gasteiger partial charge is 0.374 e. The van der Waals surface area contributed by atoms with Crippen LogP contribution in [0, 0.1) is 34.0 Å². The van der Waals surface area contributed by atoms with Crippen LogP contribution in [-0.2, 0) is 4.79 Å². The zero-order chi connectivity index (χ0) is 23.7. The first kappa shape index (κ1) is 24.7. The van der Waals surface area contributed by atoms with Crippen LogP contribution in [0.2, 0.25) is 0 Å². The maximum atomic E-state index is 12.5. The summed E-state index contributed by atoms with van der Waals surface area (Å²) in [5, 5.41) is 41.1. The quantitative estimate of drug-likeness (QED) is 0.323. The SMILES string of the molecule is CCCCCC(C)N(c1ccc(C2=C(C#N)C(=C(C#N)C#N)NC2=O)cc1)C(O)CCC. The summed E-state index contributed by atoms with van der Waals surface area (Å²) in [5.74, 6) is -0.525. The van der Waals surface area contributed by atoms with E-state index < -0.39 is 12.1 Å². The Morgan fingerprint density at radius 1 is 1.06 bits per heavy atom. The molecule has 166 valence electrons. The van der Waals surface area contributed by atoms with Gasteiger partial charge in [0.05, 0.1) is 16.8 Å². The van der Waals surface area contributed by atoms with Crippen LogP contribution < -0.4 is 10.2 Å². The lowest BCUT2D eigenvalue weighted by Crippen LogP contribution is -2.42. The molecule has 0 bridgehead atoms. The first-order valence-corrected chi connectivity index (χ1v) is 11.0. The Morgan fingerprint density at radius 2 is 1.72 bits per heavy atom. The second-order valence-corrected chi connectivity index (χ2v) is 7.86. The van der Waals surface area contributed by atoms with Crippen LogP contribution in [0.25, 0.3) is 5.57 Å². The molecule has 2 unspecified atom stereocenters. The average molecular weight is 432 g/mol. The van der Waals surface area contributed by atoms with Crippen molar-refractivity contribution in [2.75, 3.05) is 4.90 Å². The summed E-state index contributed by atoms with van der Waals surface area (Å²) in [6, 6.07) is 12.6. The number of unbranched alkanes of at least 4 members (excludes halogenated alkanes) is 2. The molecule has 1 aromatic rings. The molecule has 0 spiro atoms. The van der Waals surface area contributed by atoms with Gasteiger partial charge in [0.15, 0.2) is 5.57 Å². The number of carbonyl (C=O) groups is 1. The van der Waals surface area contributed by atoms with E-state index in [9.17, 15) is 15.2 Å². The van der Waals surface area contributed by atoms with Crippen molar-refractivity contribution in [3.8, 4) is 18.2 Å². The molecule has 7 heteroatoms. The molecule has 1 aromatic carbocycles. The van der Waals surface area contributed by atoms with Gasteiger partial charge in [-0.1, -0.05) is 51.7 Å². The Hall–Kier alpha value is -3.60. The molecule has 32 heavy (non-hydrogen) atoms. The molecule has 2 atom stereocenters. The van der Waals surface area contributed by atoms with Crippen LogP contribution in [0.3, 0.4) is 0 Å². The number of allylic oxidation sites excluding steroid dienone is 2. The summed E-state index contributed by atoms with van der Waals surface area (Å²) >= 11 is 0. The predicted octanol–water partition coefficient (Wildman–Crippen LogP) is 4.29. The Bertz CT molecular complexity index is 1000. The highest BCUT2D eigenvalue weighted by Crippen LogP contribution is 2.32. The van der Waals surface area contributed by atoms with E-state index in [2.05, 4.69) is 19.2 Å². The fourth-order valence-electron chi connectivity index (χ4n) is 3.94. The van der Waals surface area contributed by atoms with Crippen LogP contribution in [-0.4, -0.2) is 23.3 Å². The van der Waals surface area contributed by atoms with Gasteiger partial charge in [-0.2, -0.15) is 15.8 Å². The van der Waals surface area contributed by atoms with Gasteiger partial charge in [0.2, 0.25) is 0 Å². The lowest BCUT2D eigenvalue weighted by Gasteiger charge is -2.36. The Balaban J connectivity index is 2.43. The third-order valence-electron chi connectivity index (χ3n) is 5.57. The summed E-state index contributed by atoms with van der Waals surface area (Å²) in [4.78, 5) is 14.5. The highest BCUT2D eigenvalue weighted by Gasteiger charge is 2.31. The fraction of sp³-hybridized carbons (Fsp3) is 0.440. The molecular weight excluding hydrogens is 402 g/mol. The summed E-state index contributed by atoms with van der Waals surface area (Å²) < 4.78 is 0. The van der Waals surface area contributed by atoms with Crippen molar-refractivity contribution in [2.24, 2.45) is 0 Å². The second-order valence-electron chi connectivity index (χ2n) is 7.86. The number of aliphatic hydroxyl groups is 1. The lowest BCUT2D eigenvalue weighted by atomic mass is 9.99. The van der Waals surface area contributed by atoms with E-state index in [0.717, 1.165) is 37.8 Å². The summed E-state index contributed by atoms with van der Waals surface area (Å²) in [7, 11) is 0. The number of benzene rings is 1. The van der Waals surface area contributed by atoms with Gasteiger partial charge in [0.25, 0.3) is 5.91 Å². The molecule has 2 N–H and O–H groups in total. The third-order valence-corrected chi connectivity index (χ3v) is 5.57. The number of nitriles is 3. The molecule has 0 radical (unpaired) electrons. The standard InChI is InChI=1S/C25H29N5O2/c1-4-6-7-9-17(3)30(22(31)8-5-2)20-12-10-18(11-13-20)23-21(16-28)24(29-25(23)32)19(14-26)15-27/h10-13,17,22,31H,4-9H2,1-3H3,(H,29,32). The van der Waals surface area contributed by atoms with E-state index >= 15 is 0 Å². The van der Waals surface area contributed by atoms with E-state index in [0.29, 0.717) is 12.0 Å². The topological polar surface area (TPSA) is 124 Å². The van der Waals surface area contributed by atoms with E-state index in [-0.39, 0.29) is 28.5 Å². The zero-order valence-corrected chi connectivity index (χ0v) is 18.9. The highest BCUT2D eigenvalue weighted by molar-refractivity contribution is 6.26. The molecule has 0 aromatic heterocycles. The summed E-state index contributed by atoms with van der Waals surface area (Å²) in [6.45, 7) is 6.29. The minimum atomic E-state index is -0.616. The van der Waals surface area contributed by atoms with Crippen molar-refractivity contribution in [2.45, 2.75) is 71.6 Å². The molecule has 2 rings (SSSR count). The van der Waals surface area contributed by atoms with Gasteiger partial charge in [-0.15, -0.1) is 0 Å². The smallest absolute Gasteiger partial charge is 0.257 e. The van der Waals surface area contributed by atoms with E-state index in [1.165, 1.54) is 0 Å². The molecule has 0 saturated heterocycles. The van der Waals surface area contributed by atoms with Gasteiger partial charge < -0.3 is 15.3 Å². The van der Waals surface area contributed by atoms with Crippen LogP contribution in [0.15, 0.2) is 41.1 Å². The lowest BCUT2D eigenvalue weighted by molar-refractivity contribution is -0.114. The summed E-state index contributed by atoms with van der Waals surface area (Å²) in [5.41, 5.74) is 1.10. The monoisotopic (exact) mass is 431 g/mol. The maximum absolute atomic E-state index is 12.5. The van der Waals surface area contributed by atoms with Gasteiger partial charge >= 0.3 is 0 Å². The molecule has 1 amide bonds. The highest BCUT2D eigenvalue weighted by atomic mass is 16.3. The van der Waals surface area contributed by atoms with Crippen molar-refractivity contribution in [3.05, 3.63) is 46.7 Å². The number of nitrogens with zero attached hydrogens (tertiary/aromatic N) is 4. The van der Waals surface area contributed by atoms with Gasteiger partial charge in [-0.05, 0) is 37.5 Å². The zero-order valence-electron chi connectivity index (χ0n) is 18.9. The predicted molar refractivity (Wildman–Crippen MR) is 122 cm³/mol. The van der Waals surface area contributed by atoms with Crippen molar-refractivity contribution >= 4 is 17.2 Å². The molecule has 1 aliphatic rings. The number of amides is 1. The van der Waals surface area contributed by atoms with Gasteiger partial charge in [-0.25, -0.2) is 0 Å². The molecule has 0 aliphatic carbocycles. The van der Waals surface area contributed by atoms with Gasteiger partial charge in [0.1, 0.15) is 24.4 Å². The minimum Gasteiger partial charge on any atom is -0.374 e. The van der Waals surface area contributed by atoms with Gasteiger partial charge in [-0.3, -0.25) is 4.79 Å². The Kier molecular flexibility index (Phi) is 9.02. The number of nitrogens with one attached hydrogen (secondary N) is 1. The number of hydrogen-bond donors (Lipinski definition) is 2. The van der Waals surface area contributed by atoms with E-state index in [1.807, 2.05) is 30.0 Å². The van der Waals surface area contributed by atoms with Crippen LogP contribution in [0.4, 0.5) is 5.69 Å². The molecule has 0 saturated carbocycles. The van der Waals surface area contributed by atoms with Crippen molar-refractivity contribution in [1.29, 1.82) is 15.8 Å². The molecule has 1 aliphatic heterocycles. The third kappa shape index (κ3) is 5.35. The van der Waals surface area contributed by atoms with Crippen molar-refractivity contribution in [1.82, 2.24) is 5.32 Å². The van der Waals surface area contributed by atoms with Crippen LogP contribution >= 0.6 is 0 Å². The normalized spacial score (nSPS) is 14.8. The molecular formula is C25H29N5O2. The average Bonchev–Trinajstić information content (AvgIpc) is 3.11. The Labute approximate surface area is 189 Å². The number of carbonyl (C=O) groups excluding carboxylic acids is 1. The number of aliphatic hydroxyl groups excluding tert-OH is 1. The molecule has 7 nitrogen and oxygen atoms in total. The van der Waals surface area contributed by atoms with E-state index in [1.54, 1.807) is 24.3 Å². The number of rotatable bonds is 10. The second kappa shape index (κ2) is 11.7. The minimum absolute atomic E-state index is 0.0170. The first-order chi connectivity index (χ1) is 15.4. The molecule has 0 fully saturated rings. The maximum Gasteiger partial charge on any atom is 0.257 e. The van der Waals surface area contributed by atoms with Crippen LogP contribution in [0.1, 0.15) is 64.9 Å². The van der Waals surface area contributed by atoms with Crippen LogP contribution in [0.5, 0.6) is 0 Å². The first-order valence-electron chi connectivity index (χ1n) is 11.0. The summed E-state index contributed by atoms with van der Waals surface area (Å²) in [6.07, 6.45) is 5.20. The fourth-order valence-corrected chi connectivity index (χ4v) is 3.94.